The smallest absolute Gasteiger partial charge is 0.268 e. The van der Waals surface area contributed by atoms with E-state index in [1.165, 1.54) is 44.8 Å². The van der Waals surface area contributed by atoms with Crippen LogP contribution < -0.4 is 5.32 Å². The molecule has 1 aliphatic rings. The second-order valence-corrected chi connectivity index (χ2v) is 7.52. The number of aryl methyl sites for hydroxylation is 1. The van der Waals surface area contributed by atoms with Crippen LogP contribution in [0.4, 0.5) is 0 Å². The molecule has 0 radical (unpaired) electrons. The number of nitrogens with one attached hydrogen (secondary N) is 2. The Kier molecular flexibility index (Phi) is 6.11. The molecule has 144 valence electrons. The van der Waals surface area contributed by atoms with Crippen molar-refractivity contribution in [2.75, 3.05) is 13.1 Å². The summed E-state index contributed by atoms with van der Waals surface area (Å²) < 4.78 is 0. The van der Waals surface area contributed by atoms with Gasteiger partial charge in [0, 0.05) is 24.3 Å². The van der Waals surface area contributed by atoms with Gasteiger partial charge in [0.2, 0.25) is 0 Å². The van der Waals surface area contributed by atoms with E-state index in [2.05, 4.69) is 39.5 Å². The van der Waals surface area contributed by atoms with E-state index >= 15 is 0 Å². The van der Waals surface area contributed by atoms with Crippen LogP contribution in [0.2, 0.25) is 0 Å². The predicted octanol–water partition coefficient (Wildman–Crippen LogP) is 3.75. The first-order chi connectivity index (χ1) is 13.0. The van der Waals surface area contributed by atoms with E-state index in [0.29, 0.717) is 17.8 Å². The second kappa shape index (κ2) is 8.53. The number of aromatic nitrogens is 1. The molecule has 0 spiro atoms. The number of benzene rings is 1. The first-order valence-electron chi connectivity index (χ1n) is 9.74. The average Bonchev–Trinajstić information content (AvgIpc) is 2.96. The Morgan fingerprint density at radius 3 is 2.26 bits per heavy atom. The summed E-state index contributed by atoms with van der Waals surface area (Å²) in [5, 5.41) is 2.94. The monoisotopic (exact) mass is 367 g/mol. The molecule has 1 amide bonds. The molecule has 0 atom stereocenters. The molecule has 1 fully saturated rings. The van der Waals surface area contributed by atoms with Gasteiger partial charge < -0.3 is 10.3 Å². The van der Waals surface area contributed by atoms with Gasteiger partial charge in [0.25, 0.3) is 5.91 Å². The van der Waals surface area contributed by atoms with Crippen LogP contribution in [-0.4, -0.2) is 34.7 Å². The summed E-state index contributed by atoms with van der Waals surface area (Å²) in [6.45, 7) is 9.00. The number of likely N-dealkylation sites (tertiary alicyclic amines) is 1. The summed E-state index contributed by atoms with van der Waals surface area (Å²) >= 11 is 0. The SMILES string of the molecule is CC(=O)c1c(C)[nH]c(C(=O)NCc2ccc(CN3CCCCC3)cc2)c1C. The van der Waals surface area contributed by atoms with Crippen LogP contribution >= 0.6 is 0 Å². The van der Waals surface area contributed by atoms with Crippen LogP contribution in [0.15, 0.2) is 24.3 Å². The lowest BCUT2D eigenvalue weighted by Crippen LogP contribution is -2.29. The van der Waals surface area contributed by atoms with Crippen molar-refractivity contribution in [3.63, 3.8) is 0 Å². The van der Waals surface area contributed by atoms with Crippen molar-refractivity contribution in [2.45, 2.75) is 53.1 Å². The zero-order valence-electron chi connectivity index (χ0n) is 16.5. The highest BCUT2D eigenvalue weighted by molar-refractivity contribution is 6.02. The standard InChI is InChI=1S/C22H29N3O2/c1-15-20(17(3)26)16(2)24-21(15)22(27)23-13-18-7-9-19(10-8-18)14-25-11-5-4-6-12-25/h7-10,24H,4-6,11-14H2,1-3H3,(H,23,27). The van der Waals surface area contributed by atoms with Gasteiger partial charge >= 0.3 is 0 Å². The minimum Gasteiger partial charge on any atom is -0.354 e. The number of rotatable bonds is 6. The van der Waals surface area contributed by atoms with Crippen LogP contribution in [-0.2, 0) is 13.1 Å². The van der Waals surface area contributed by atoms with Gasteiger partial charge in [0.15, 0.2) is 5.78 Å². The van der Waals surface area contributed by atoms with Crippen LogP contribution in [0.3, 0.4) is 0 Å². The lowest BCUT2D eigenvalue weighted by atomic mass is 10.1. The van der Waals surface area contributed by atoms with E-state index in [1.54, 1.807) is 0 Å². The number of H-pyrrole nitrogens is 1. The van der Waals surface area contributed by atoms with Crippen molar-refractivity contribution in [3.05, 3.63) is 57.9 Å². The fourth-order valence-electron chi connectivity index (χ4n) is 3.91. The van der Waals surface area contributed by atoms with Gasteiger partial charge in [0.1, 0.15) is 5.69 Å². The maximum Gasteiger partial charge on any atom is 0.268 e. The molecule has 3 rings (SSSR count). The molecular weight excluding hydrogens is 338 g/mol. The number of amides is 1. The molecule has 27 heavy (non-hydrogen) atoms. The van der Waals surface area contributed by atoms with E-state index in [0.717, 1.165) is 23.4 Å². The van der Waals surface area contributed by atoms with Gasteiger partial charge in [-0.25, -0.2) is 0 Å². The Morgan fingerprint density at radius 1 is 1.04 bits per heavy atom. The summed E-state index contributed by atoms with van der Waals surface area (Å²) in [5.74, 6) is -0.204. The highest BCUT2D eigenvalue weighted by Gasteiger charge is 2.19. The number of Topliss-reactive ketones (excluding diaryl/α,β-unsaturated/α-hetero) is 1. The molecule has 5 heteroatoms. The fraction of sp³-hybridized carbons (Fsp3) is 0.455. The third-order valence-corrected chi connectivity index (χ3v) is 5.35. The van der Waals surface area contributed by atoms with Crippen molar-refractivity contribution < 1.29 is 9.59 Å². The number of aromatic amines is 1. The molecule has 0 bridgehead atoms. The van der Waals surface area contributed by atoms with E-state index in [1.807, 2.05) is 13.8 Å². The molecule has 2 aromatic rings. The van der Waals surface area contributed by atoms with Gasteiger partial charge in [-0.15, -0.1) is 0 Å². The number of hydrogen-bond donors (Lipinski definition) is 2. The lowest BCUT2D eigenvalue weighted by molar-refractivity contribution is 0.0945. The van der Waals surface area contributed by atoms with Gasteiger partial charge in [-0.3, -0.25) is 14.5 Å². The highest BCUT2D eigenvalue weighted by atomic mass is 16.2. The number of hydrogen-bond acceptors (Lipinski definition) is 3. The quantitative estimate of drug-likeness (QED) is 0.764. The molecule has 0 aliphatic carbocycles. The molecule has 1 saturated heterocycles. The van der Waals surface area contributed by atoms with Gasteiger partial charge in [-0.05, 0) is 63.4 Å². The largest absolute Gasteiger partial charge is 0.354 e. The van der Waals surface area contributed by atoms with E-state index in [-0.39, 0.29) is 11.7 Å². The topological polar surface area (TPSA) is 65.2 Å². The zero-order valence-corrected chi connectivity index (χ0v) is 16.5. The van der Waals surface area contributed by atoms with E-state index in [4.69, 9.17) is 0 Å². The lowest BCUT2D eigenvalue weighted by Gasteiger charge is -2.26. The van der Waals surface area contributed by atoms with E-state index < -0.39 is 0 Å². The van der Waals surface area contributed by atoms with Gasteiger partial charge in [-0.2, -0.15) is 0 Å². The summed E-state index contributed by atoms with van der Waals surface area (Å²) in [5.41, 5.74) is 4.93. The van der Waals surface area contributed by atoms with Crippen molar-refractivity contribution in [1.29, 1.82) is 0 Å². The Hall–Kier alpha value is -2.40. The predicted molar refractivity (Wildman–Crippen MR) is 107 cm³/mol. The van der Waals surface area contributed by atoms with Crippen LogP contribution in [0.5, 0.6) is 0 Å². The molecule has 0 unspecified atom stereocenters. The zero-order chi connectivity index (χ0) is 19.4. The summed E-state index contributed by atoms with van der Waals surface area (Å²) in [7, 11) is 0. The highest BCUT2D eigenvalue weighted by Crippen LogP contribution is 2.18. The minimum atomic E-state index is -0.180. The number of ketones is 1. The Balaban J connectivity index is 1.57. The van der Waals surface area contributed by atoms with Crippen molar-refractivity contribution >= 4 is 11.7 Å². The summed E-state index contributed by atoms with van der Waals surface area (Å²) in [6.07, 6.45) is 3.95. The number of piperidine rings is 1. The molecule has 2 N–H and O–H groups in total. The third-order valence-electron chi connectivity index (χ3n) is 5.35. The minimum absolute atomic E-state index is 0.0235. The van der Waals surface area contributed by atoms with Gasteiger partial charge in [0.05, 0.1) is 0 Å². The summed E-state index contributed by atoms with van der Waals surface area (Å²) in [4.78, 5) is 29.8. The fourth-order valence-corrected chi connectivity index (χ4v) is 3.91. The van der Waals surface area contributed by atoms with Crippen LogP contribution in [0, 0.1) is 13.8 Å². The Morgan fingerprint density at radius 2 is 1.67 bits per heavy atom. The van der Waals surface area contributed by atoms with Crippen LogP contribution in [0.25, 0.3) is 0 Å². The van der Waals surface area contributed by atoms with Crippen molar-refractivity contribution in [1.82, 2.24) is 15.2 Å². The van der Waals surface area contributed by atoms with E-state index in [9.17, 15) is 9.59 Å². The summed E-state index contributed by atoms with van der Waals surface area (Å²) in [6, 6.07) is 8.45. The number of nitrogens with zero attached hydrogens (tertiary/aromatic N) is 1. The Bertz CT molecular complexity index is 815. The molecule has 2 heterocycles. The molecule has 1 aromatic carbocycles. The Labute approximate surface area is 161 Å². The first kappa shape index (κ1) is 19.4. The molecular formula is C22H29N3O2. The molecule has 1 aliphatic heterocycles. The number of carbonyl (C=O) groups is 2. The maximum atomic E-state index is 12.5. The van der Waals surface area contributed by atoms with Crippen molar-refractivity contribution in [3.8, 4) is 0 Å². The first-order valence-corrected chi connectivity index (χ1v) is 9.74. The maximum absolute atomic E-state index is 12.5. The molecule has 5 nitrogen and oxygen atoms in total. The second-order valence-electron chi connectivity index (χ2n) is 7.52. The van der Waals surface area contributed by atoms with Crippen LogP contribution in [0.1, 0.15) is 69.4 Å². The average molecular weight is 367 g/mol. The number of carbonyl (C=O) groups excluding carboxylic acids is 2. The van der Waals surface area contributed by atoms with Gasteiger partial charge in [-0.1, -0.05) is 30.7 Å². The third kappa shape index (κ3) is 4.66. The molecule has 1 aromatic heterocycles. The van der Waals surface area contributed by atoms with Crippen molar-refractivity contribution in [2.24, 2.45) is 0 Å². The molecule has 0 saturated carbocycles. The normalized spacial score (nSPS) is 14.9.